The first-order valence-electron chi connectivity index (χ1n) is 6.60. The minimum Gasteiger partial charge on any atom is -0.345 e. The van der Waals surface area contributed by atoms with Gasteiger partial charge in [-0.2, -0.15) is 0 Å². The number of benzene rings is 1. The lowest BCUT2D eigenvalue weighted by molar-refractivity contribution is -0.132. The van der Waals surface area contributed by atoms with Crippen LogP contribution in [0.4, 0.5) is 0 Å². The quantitative estimate of drug-likeness (QED) is 0.839. The predicted molar refractivity (Wildman–Crippen MR) is 75.3 cm³/mol. The Balaban J connectivity index is 2.74. The summed E-state index contributed by atoms with van der Waals surface area (Å²) >= 11 is 0. The van der Waals surface area contributed by atoms with Gasteiger partial charge in [-0.25, -0.2) is 0 Å². The van der Waals surface area contributed by atoms with Gasteiger partial charge in [0, 0.05) is 13.6 Å². The summed E-state index contributed by atoms with van der Waals surface area (Å²) < 4.78 is 0. The molecule has 100 valence electrons. The van der Waals surface area contributed by atoms with Crippen LogP contribution in [0.1, 0.15) is 31.7 Å². The number of likely N-dealkylation sites (N-methyl/N-ethyl adjacent to an activating group) is 1. The predicted octanol–water partition coefficient (Wildman–Crippen LogP) is 2.23. The van der Waals surface area contributed by atoms with Crippen LogP contribution < -0.4 is 5.73 Å². The lowest BCUT2D eigenvalue weighted by atomic mass is 9.95. The average molecular weight is 248 g/mol. The van der Waals surface area contributed by atoms with E-state index in [4.69, 9.17) is 5.73 Å². The number of amides is 1. The molecule has 0 spiro atoms. The van der Waals surface area contributed by atoms with Gasteiger partial charge in [0.05, 0.1) is 5.92 Å². The standard InChI is InChI=1S/C15H24N2O/c1-4-14(13-8-6-5-7-9-13)15(18)17(3)11-12(2)10-16/h5-9,12,14H,4,10-11,16H2,1-3H3. The van der Waals surface area contributed by atoms with E-state index in [1.54, 1.807) is 4.90 Å². The zero-order valence-electron chi connectivity index (χ0n) is 11.6. The smallest absolute Gasteiger partial charge is 0.229 e. The van der Waals surface area contributed by atoms with Gasteiger partial charge in [-0.3, -0.25) is 4.79 Å². The fourth-order valence-electron chi connectivity index (χ4n) is 2.14. The number of nitrogens with two attached hydrogens (primary N) is 1. The van der Waals surface area contributed by atoms with Crippen molar-refractivity contribution in [2.45, 2.75) is 26.2 Å². The molecule has 0 bridgehead atoms. The molecule has 3 nitrogen and oxygen atoms in total. The van der Waals surface area contributed by atoms with Gasteiger partial charge in [0.25, 0.3) is 0 Å². The van der Waals surface area contributed by atoms with E-state index in [9.17, 15) is 4.79 Å². The second kappa shape index (κ2) is 7.17. The second-order valence-electron chi connectivity index (χ2n) is 4.93. The fourth-order valence-corrected chi connectivity index (χ4v) is 2.14. The first kappa shape index (κ1) is 14.7. The Morgan fingerprint density at radius 1 is 1.33 bits per heavy atom. The van der Waals surface area contributed by atoms with Crippen LogP contribution in [0.5, 0.6) is 0 Å². The summed E-state index contributed by atoms with van der Waals surface area (Å²) in [4.78, 5) is 14.2. The molecule has 1 rings (SSSR count). The van der Waals surface area contributed by atoms with Crippen molar-refractivity contribution in [2.24, 2.45) is 11.7 Å². The first-order valence-corrected chi connectivity index (χ1v) is 6.60. The van der Waals surface area contributed by atoms with Crippen LogP contribution >= 0.6 is 0 Å². The number of carbonyl (C=O) groups is 1. The molecular formula is C15H24N2O. The van der Waals surface area contributed by atoms with Gasteiger partial charge in [0.15, 0.2) is 0 Å². The van der Waals surface area contributed by atoms with Crippen LogP contribution in [-0.4, -0.2) is 30.9 Å². The zero-order chi connectivity index (χ0) is 13.5. The molecule has 0 aliphatic heterocycles. The highest BCUT2D eigenvalue weighted by Crippen LogP contribution is 2.21. The summed E-state index contributed by atoms with van der Waals surface area (Å²) in [7, 11) is 1.86. The summed E-state index contributed by atoms with van der Waals surface area (Å²) in [6.07, 6.45) is 0.824. The van der Waals surface area contributed by atoms with Crippen molar-refractivity contribution < 1.29 is 4.79 Å². The molecule has 0 aliphatic rings. The number of hydrogen-bond acceptors (Lipinski definition) is 2. The lowest BCUT2D eigenvalue weighted by Crippen LogP contribution is -2.36. The molecule has 0 fully saturated rings. The molecule has 3 heteroatoms. The van der Waals surface area contributed by atoms with Crippen molar-refractivity contribution in [1.82, 2.24) is 4.90 Å². The van der Waals surface area contributed by atoms with E-state index in [0.717, 1.165) is 18.5 Å². The molecule has 0 heterocycles. The van der Waals surface area contributed by atoms with E-state index in [1.165, 1.54) is 0 Å². The molecule has 2 unspecified atom stereocenters. The molecule has 2 atom stereocenters. The number of carbonyl (C=O) groups excluding carboxylic acids is 1. The summed E-state index contributed by atoms with van der Waals surface area (Å²) in [5.74, 6) is 0.484. The minimum absolute atomic E-state index is 0.0406. The molecular weight excluding hydrogens is 224 g/mol. The van der Waals surface area contributed by atoms with E-state index in [-0.39, 0.29) is 11.8 Å². The highest BCUT2D eigenvalue weighted by atomic mass is 16.2. The summed E-state index contributed by atoms with van der Waals surface area (Å²) in [5.41, 5.74) is 6.70. The van der Waals surface area contributed by atoms with E-state index in [2.05, 4.69) is 13.8 Å². The van der Waals surface area contributed by atoms with Gasteiger partial charge >= 0.3 is 0 Å². The normalized spacial score (nSPS) is 14.0. The van der Waals surface area contributed by atoms with Gasteiger partial charge < -0.3 is 10.6 Å². The summed E-state index contributed by atoms with van der Waals surface area (Å²) in [6, 6.07) is 9.97. The molecule has 2 N–H and O–H groups in total. The molecule has 1 aromatic carbocycles. The van der Waals surface area contributed by atoms with E-state index in [0.29, 0.717) is 12.5 Å². The van der Waals surface area contributed by atoms with Crippen molar-refractivity contribution in [2.75, 3.05) is 20.1 Å². The third-order valence-electron chi connectivity index (χ3n) is 3.27. The van der Waals surface area contributed by atoms with Gasteiger partial charge in [0.2, 0.25) is 5.91 Å². The molecule has 0 aliphatic carbocycles. The van der Waals surface area contributed by atoms with Crippen molar-refractivity contribution >= 4 is 5.91 Å². The third kappa shape index (κ3) is 3.84. The molecule has 1 amide bonds. The van der Waals surface area contributed by atoms with Crippen LogP contribution in [0.25, 0.3) is 0 Å². The molecule has 0 aromatic heterocycles. The fraction of sp³-hybridized carbons (Fsp3) is 0.533. The van der Waals surface area contributed by atoms with Gasteiger partial charge in [-0.1, -0.05) is 44.2 Å². The van der Waals surface area contributed by atoms with Crippen molar-refractivity contribution in [3.63, 3.8) is 0 Å². The Kier molecular flexibility index (Phi) is 5.86. The van der Waals surface area contributed by atoms with E-state index >= 15 is 0 Å². The van der Waals surface area contributed by atoms with E-state index in [1.807, 2.05) is 37.4 Å². The molecule has 0 saturated heterocycles. The molecule has 1 aromatic rings. The van der Waals surface area contributed by atoms with Crippen molar-refractivity contribution in [3.8, 4) is 0 Å². The zero-order valence-corrected chi connectivity index (χ0v) is 11.6. The van der Waals surface area contributed by atoms with Crippen LogP contribution in [-0.2, 0) is 4.79 Å². The Hall–Kier alpha value is -1.35. The maximum absolute atomic E-state index is 12.4. The first-order chi connectivity index (χ1) is 8.60. The highest BCUT2D eigenvalue weighted by Gasteiger charge is 2.22. The minimum atomic E-state index is -0.0406. The van der Waals surface area contributed by atoms with Gasteiger partial charge in [0.1, 0.15) is 0 Å². The van der Waals surface area contributed by atoms with Crippen molar-refractivity contribution in [3.05, 3.63) is 35.9 Å². The van der Waals surface area contributed by atoms with Gasteiger partial charge in [-0.05, 0) is 24.4 Å². The highest BCUT2D eigenvalue weighted by molar-refractivity contribution is 5.83. The summed E-state index contributed by atoms with van der Waals surface area (Å²) in [5, 5.41) is 0. The Morgan fingerprint density at radius 3 is 2.44 bits per heavy atom. The Bertz CT molecular complexity index is 364. The Morgan fingerprint density at radius 2 is 1.94 bits per heavy atom. The lowest BCUT2D eigenvalue weighted by Gasteiger charge is -2.25. The average Bonchev–Trinajstić information content (AvgIpc) is 2.40. The number of rotatable bonds is 6. The third-order valence-corrected chi connectivity index (χ3v) is 3.27. The van der Waals surface area contributed by atoms with E-state index < -0.39 is 0 Å². The maximum atomic E-state index is 12.4. The largest absolute Gasteiger partial charge is 0.345 e. The second-order valence-corrected chi connectivity index (χ2v) is 4.93. The van der Waals surface area contributed by atoms with Gasteiger partial charge in [-0.15, -0.1) is 0 Å². The maximum Gasteiger partial charge on any atom is 0.229 e. The topological polar surface area (TPSA) is 46.3 Å². The van der Waals surface area contributed by atoms with Crippen LogP contribution in [0.15, 0.2) is 30.3 Å². The monoisotopic (exact) mass is 248 g/mol. The molecule has 18 heavy (non-hydrogen) atoms. The Labute approximate surface area is 110 Å². The van der Waals surface area contributed by atoms with Crippen LogP contribution in [0, 0.1) is 5.92 Å². The van der Waals surface area contributed by atoms with Crippen molar-refractivity contribution in [1.29, 1.82) is 0 Å². The SMILES string of the molecule is CCC(C(=O)N(C)CC(C)CN)c1ccccc1. The molecule has 0 radical (unpaired) electrons. The van der Waals surface area contributed by atoms with Crippen LogP contribution in [0.3, 0.4) is 0 Å². The number of hydrogen-bond donors (Lipinski definition) is 1. The number of nitrogens with zero attached hydrogens (tertiary/aromatic N) is 1. The summed E-state index contributed by atoms with van der Waals surface area (Å²) in [6.45, 7) is 5.45. The van der Waals surface area contributed by atoms with Crippen LogP contribution in [0.2, 0.25) is 0 Å². The molecule has 0 saturated carbocycles.